The van der Waals surface area contributed by atoms with Crippen LogP contribution in [0.1, 0.15) is 27.8 Å². The van der Waals surface area contributed by atoms with E-state index in [-0.39, 0.29) is 11.4 Å². The summed E-state index contributed by atoms with van der Waals surface area (Å²) in [5.41, 5.74) is 6.09. The Labute approximate surface area is 212 Å². The summed E-state index contributed by atoms with van der Waals surface area (Å²) in [6, 6.07) is 23.6. The number of amides is 1. The largest absolute Gasteiger partial charge is 0.325 e. The van der Waals surface area contributed by atoms with E-state index < -0.39 is 15.9 Å². The topological polar surface area (TPSA) is 79.4 Å². The number of carbonyl (C=O) groups excluding carboxylic acids is 1. The molecule has 7 heteroatoms. The highest BCUT2D eigenvalue weighted by molar-refractivity contribution is 7.92. The Bertz CT molecular complexity index is 1430. The van der Waals surface area contributed by atoms with Crippen LogP contribution in [-0.2, 0) is 21.2 Å². The third-order valence-corrected chi connectivity index (χ3v) is 7.57. The fraction of sp³-hybridized carbons (Fsp3) is 0.172. The standard InChI is InChI=1S/C29H29N3O3S/c1-21-4-10-28(11-5-21)36(34,35)32(27-17-22(2)16-23(3)18-27)20-29(33)31-26-8-6-24(7-9-26)19-25-12-14-30-15-13-25/h4-18H,19-20H2,1-3H3,(H,31,33). The molecule has 0 aliphatic heterocycles. The molecule has 0 saturated heterocycles. The molecule has 1 N–H and O–H groups in total. The third-order valence-electron chi connectivity index (χ3n) is 5.79. The molecule has 4 aromatic rings. The molecule has 4 rings (SSSR count). The van der Waals surface area contributed by atoms with E-state index >= 15 is 0 Å². The molecule has 0 aliphatic carbocycles. The van der Waals surface area contributed by atoms with Crippen LogP contribution in [0.25, 0.3) is 0 Å². The summed E-state index contributed by atoms with van der Waals surface area (Å²) in [6.07, 6.45) is 4.28. The number of anilines is 2. The van der Waals surface area contributed by atoms with Crippen LogP contribution < -0.4 is 9.62 Å². The molecule has 36 heavy (non-hydrogen) atoms. The Morgan fingerprint density at radius 1 is 0.778 bits per heavy atom. The Morgan fingerprint density at radius 2 is 1.36 bits per heavy atom. The van der Waals surface area contributed by atoms with Crippen molar-refractivity contribution in [1.29, 1.82) is 0 Å². The van der Waals surface area contributed by atoms with Gasteiger partial charge < -0.3 is 5.32 Å². The van der Waals surface area contributed by atoms with E-state index in [1.165, 1.54) is 4.31 Å². The second kappa shape index (κ2) is 10.7. The van der Waals surface area contributed by atoms with Crippen LogP contribution in [0, 0.1) is 20.8 Å². The van der Waals surface area contributed by atoms with Crippen molar-refractivity contribution in [3.8, 4) is 0 Å². The van der Waals surface area contributed by atoms with Gasteiger partial charge in [0.05, 0.1) is 10.6 Å². The number of nitrogens with zero attached hydrogens (tertiary/aromatic N) is 2. The van der Waals surface area contributed by atoms with Gasteiger partial charge in [-0.15, -0.1) is 0 Å². The minimum Gasteiger partial charge on any atom is -0.325 e. The smallest absolute Gasteiger partial charge is 0.264 e. The van der Waals surface area contributed by atoms with E-state index in [0.717, 1.165) is 34.2 Å². The van der Waals surface area contributed by atoms with Crippen molar-refractivity contribution >= 4 is 27.3 Å². The summed E-state index contributed by atoms with van der Waals surface area (Å²) in [5, 5.41) is 2.84. The van der Waals surface area contributed by atoms with Crippen molar-refractivity contribution in [2.45, 2.75) is 32.1 Å². The Kier molecular flexibility index (Phi) is 7.50. The zero-order chi connectivity index (χ0) is 25.7. The summed E-state index contributed by atoms with van der Waals surface area (Å²) in [6.45, 7) is 5.35. The van der Waals surface area contributed by atoms with Crippen LogP contribution in [0.2, 0.25) is 0 Å². The zero-order valence-corrected chi connectivity index (χ0v) is 21.4. The van der Waals surface area contributed by atoms with Crippen molar-refractivity contribution < 1.29 is 13.2 Å². The molecule has 1 amide bonds. The highest BCUT2D eigenvalue weighted by atomic mass is 32.2. The first-order valence-corrected chi connectivity index (χ1v) is 13.1. The molecule has 0 unspecified atom stereocenters. The van der Waals surface area contributed by atoms with E-state index in [0.29, 0.717) is 11.4 Å². The maximum atomic E-state index is 13.6. The first-order chi connectivity index (χ1) is 17.2. The number of hydrogen-bond donors (Lipinski definition) is 1. The van der Waals surface area contributed by atoms with Gasteiger partial charge in [-0.05, 0) is 98.0 Å². The molecule has 0 bridgehead atoms. The first-order valence-electron chi connectivity index (χ1n) is 11.7. The summed E-state index contributed by atoms with van der Waals surface area (Å²) < 4.78 is 28.4. The molecule has 0 atom stereocenters. The van der Waals surface area contributed by atoms with Crippen molar-refractivity contribution in [3.63, 3.8) is 0 Å². The van der Waals surface area contributed by atoms with Crippen LogP contribution >= 0.6 is 0 Å². The van der Waals surface area contributed by atoms with Crippen LogP contribution in [0.3, 0.4) is 0 Å². The van der Waals surface area contributed by atoms with Gasteiger partial charge in [0.2, 0.25) is 5.91 Å². The fourth-order valence-electron chi connectivity index (χ4n) is 4.02. The van der Waals surface area contributed by atoms with Gasteiger partial charge in [0.15, 0.2) is 0 Å². The minimum absolute atomic E-state index is 0.139. The normalized spacial score (nSPS) is 11.2. The molecular weight excluding hydrogens is 470 g/mol. The monoisotopic (exact) mass is 499 g/mol. The van der Waals surface area contributed by atoms with Crippen LogP contribution in [0.5, 0.6) is 0 Å². The minimum atomic E-state index is -3.97. The maximum Gasteiger partial charge on any atom is 0.264 e. The molecule has 6 nitrogen and oxygen atoms in total. The molecule has 0 aliphatic rings. The van der Waals surface area contributed by atoms with Gasteiger partial charge in [0, 0.05) is 18.1 Å². The number of benzene rings is 3. The van der Waals surface area contributed by atoms with Crippen LogP contribution in [-0.4, -0.2) is 25.9 Å². The van der Waals surface area contributed by atoms with E-state index in [2.05, 4.69) is 10.3 Å². The Balaban J connectivity index is 1.55. The Hall–Kier alpha value is -3.97. The van der Waals surface area contributed by atoms with Crippen LogP contribution in [0.4, 0.5) is 11.4 Å². The number of aryl methyl sites for hydroxylation is 3. The second-order valence-electron chi connectivity index (χ2n) is 8.95. The quantitative estimate of drug-likeness (QED) is 0.351. The third kappa shape index (κ3) is 6.17. The van der Waals surface area contributed by atoms with Gasteiger partial charge >= 0.3 is 0 Å². The van der Waals surface area contributed by atoms with E-state index in [4.69, 9.17) is 0 Å². The SMILES string of the molecule is Cc1ccc(S(=O)(=O)N(CC(=O)Nc2ccc(Cc3ccncc3)cc2)c2cc(C)cc(C)c2)cc1. The molecule has 1 heterocycles. The molecule has 184 valence electrons. The Morgan fingerprint density at radius 3 is 1.97 bits per heavy atom. The summed E-state index contributed by atoms with van der Waals surface area (Å²) >= 11 is 0. The first kappa shape index (κ1) is 25.1. The molecule has 3 aromatic carbocycles. The number of aromatic nitrogens is 1. The van der Waals surface area contributed by atoms with Crippen molar-refractivity contribution in [2.24, 2.45) is 0 Å². The van der Waals surface area contributed by atoms with E-state index in [1.54, 1.807) is 48.8 Å². The molecule has 0 fully saturated rings. The number of nitrogens with one attached hydrogen (secondary N) is 1. The number of rotatable bonds is 8. The lowest BCUT2D eigenvalue weighted by Gasteiger charge is -2.25. The molecule has 0 saturated carbocycles. The van der Waals surface area contributed by atoms with Gasteiger partial charge in [0.25, 0.3) is 10.0 Å². The van der Waals surface area contributed by atoms with Gasteiger partial charge in [0.1, 0.15) is 6.54 Å². The number of carbonyl (C=O) groups is 1. The van der Waals surface area contributed by atoms with Gasteiger partial charge in [-0.25, -0.2) is 8.42 Å². The second-order valence-corrected chi connectivity index (χ2v) is 10.8. The fourth-order valence-corrected chi connectivity index (χ4v) is 5.43. The van der Waals surface area contributed by atoms with Gasteiger partial charge in [-0.3, -0.25) is 14.1 Å². The summed E-state index contributed by atoms with van der Waals surface area (Å²) in [4.78, 5) is 17.2. The molecule has 1 aromatic heterocycles. The lowest BCUT2D eigenvalue weighted by atomic mass is 10.1. The molecular formula is C29H29N3O3S. The highest BCUT2D eigenvalue weighted by Gasteiger charge is 2.27. The van der Waals surface area contributed by atoms with E-state index in [1.807, 2.05) is 63.2 Å². The molecule has 0 spiro atoms. The van der Waals surface area contributed by atoms with Crippen LogP contribution in [0.15, 0.2) is 96.2 Å². The van der Waals surface area contributed by atoms with Crippen molar-refractivity contribution in [2.75, 3.05) is 16.2 Å². The van der Waals surface area contributed by atoms with Crippen molar-refractivity contribution in [1.82, 2.24) is 4.98 Å². The predicted molar refractivity (Wildman–Crippen MR) is 144 cm³/mol. The summed E-state index contributed by atoms with van der Waals surface area (Å²) in [7, 11) is -3.97. The highest BCUT2D eigenvalue weighted by Crippen LogP contribution is 2.26. The molecule has 0 radical (unpaired) electrons. The average Bonchev–Trinajstić information content (AvgIpc) is 2.84. The average molecular weight is 500 g/mol. The lowest BCUT2D eigenvalue weighted by Crippen LogP contribution is -2.38. The zero-order valence-electron chi connectivity index (χ0n) is 20.6. The maximum absolute atomic E-state index is 13.6. The number of hydrogen-bond acceptors (Lipinski definition) is 4. The number of pyridine rings is 1. The number of sulfonamides is 1. The predicted octanol–water partition coefficient (Wildman–Crippen LogP) is 5.43. The lowest BCUT2D eigenvalue weighted by molar-refractivity contribution is -0.114. The van der Waals surface area contributed by atoms with Gasteiger partial charge in [-0.1, -0.05) is 35.9 Å². The van der Waals surface area contributed by atoms with Gasteiger partial charge in [-0.2, -0.15) is 0 Å². The van der Waals surface area contributed by atoms with E-state index in [9.17, 15) is 13.2 Å². The van der Waals surface area contributed by atoms with Crippen molar-refractivity contribution in [3.05, 3.63) is 119 Å². The summed E-state index contributed by atoms with van der Waals surface area (Å²) in [5.74, 6) is -0.424.